The highest BCUT2D eigenvalue weighted by atomic mass is 35.5. The van der Waals surface area contributed by atoms with Crippen molar-refractivity contribution in [2.45, 2.75) is 32.1 Å². The van der Waals surface area contributed by atoms with Crippen molar-refractivity contribution in [1.82, 2.24) is 15.1 Å². The first-order valence-corrected chi connectivity index (χ1v) is 12.7. The number of halogens is 1. The zero-order chi connectivity index (χ0) is 25.4. The molecule has 36 heavy (non-hydrogen) atoms. The zero-order valence-electron chi connectivity index (χ0n) is 19.4. The Morgan fingerprint density at radius 1 is 1.11 bits per heavy atom. The molecule has 3 heterocycles. The summed E-state index contributed by atoms with van der Waals surface area (Å²) in [7, 11) is 0. The summed E-state index contributed by atoms with van der Waals surface area (Å²) in [5, 5.41) is 12.6. The monoisotopic (exact) mass is 523 g/mol. The first-order chi connectivity index (χ1) is 17.3. The maximum Gasteiger partial charge on any atom is 0.261 e. The number of aryl methyl sites for hydroxylation is 1. The smallest absolute Gasteiger partial charge is 0.261 e. The number of anilines is 2. The van der Waals surface area contributed by atoms with Crippen LogP contribution < -0.4 is 10.2 Å². The second-order valence-electron chi connectivity index (χ2n) is 8.74. The van der Waals surface area contributed by atoms with Gasteiger partial charge in [0.1, 0.15) is 5.01 Å². The maximum atomic E-state index is 12.6. The molecule has 0 radical (unpaired) electrons. The van der Waals surface area contributed by atoms with E-state index < -0.39 is 0 Å². The van der Waals surface area contributed by atoms with E-state index in [0.717, 1.165) is 11.3 Å². The van der Waals surface area contributed by atoms with Crippen LogP contribution >= 0.6 is 22.9 Å². The van der Waals surface area contributed by atoms with Crippen LogP contribution in [0.15, 0.2) is 42.5 Å². The second-order valence-corrected chi connectivity index (χ2v) is 10.2. The SMILES string of the molecule is Cc1ccc(N2CC(c3nnc(NC(=O)CCCN4C(=O)c5ccccc5C4=O)s3)CC2=O)cc1Cl. The lowest BCUT2D eigenvalue weighted by atomic mass is 10.1. The number of aromatic nitrogens is 2. The number of carbonyl (C=O) groups excluding carboxylic acids is 4. The van der Waals surface area contributed by atoms with E-state index in [1.807, 2.05) is 19.1 Å². The molecule has 1 unspecified atom stereocenters. The van der Waals surface area contributed by atoms with Gasteiger partial charge in [0.2, 0.25) is 16.9 Å². The first-order valence-electron chi connectivity index (χ1n) is 11.5. The van der Waals surface area contributed by atoms with Crippen molar-refractivity contribution in [1.29, 1.82) is 0 Å². The Bertz CT molecular complexity index is 1360. The van der Waals surface area contributed by atoms with Crippen LogP contribution in [0.2, 0.25) is 5.02 Å². The molecule has 1 N–H and O–H groups in total. The number of fused-ring (bicyclic) bond motifs is 1. The van der Waals surface area contributed by atoms with Gasteiger partial charge < -0.3 is 10.2 Å². The van der Waals surface area contributed by atoms with Crippen LogP contribution in [0.5, 0.6) is 0 Å². The van der Waals surface area contributed by atoms with Crippen molar-refractivity contribution >= 4 is 57.4 Å². The number of hydrogen-bond acceptors (Lipinski definition) is 7. The molecular formula is C25H22ClN5O4S. The lowest BCUT2D eigenvalue weighted by Crippen LogP contribution is -2.31. The molecule has 2 aliphatic rings. The molecule has 0 spiro atoms. The van der Waals surface area contributed by atoms with E-state index in [0.29, 0.717) is 45.7 Å². The number of rotatable bonds is 7. The molecule has 4 amide bonds. The van der Waals surface area contributed by atoms with Gasteiger partial charge in [-0.05, 0) is 43.2 Å². The fourth-order valence-corrected chi connectivity index (χ4v) is 5.37. The molecule has 5 rings (SSSR count). The summed E-state index contributed by atoms with van der Waals surface area (Å²) >= 11 is 7.46. The number of nitrogens with zero attached hydrogens (tertiary/aromatic N) is 4. The molecule has 0 aliphatic carbocycles. The number of carbonyl (C=O) groups is 4. The predicted octanol–water partition coefficient (Wildman–Crippen LogP) is 4.04. The van der Waals surface area contributed by atoms with Crippen molar-refractivity contribution in [3.8, 4) is 0 Å². The number of nitrogens with one attached hydrogen (secondary N) is 1. The van der Waals surface area contributed by atoms with Crippen molar-refractivity contribution in [2.75, 3.05) is 23.3 Å². The molecule has 1 atom stereocenters. The molecule has 0 saturated carbocycles. The molecule has 11 heteroatoms. The van der Waals surface area contributed by atoms with Crippen molar-refractivity contribution in [2.24, 2.45) is 0 Å². The zero-order valence-corrected chi connectivity index (χ0v) is 20.9. The molecule has 0 bridgehead atoms. The fourth-order valence-electron chi connectivity index (χ4n) is 4.34. The Labute approximate surface area is 216 Å². The molecule has 1 aromatic heterocycles. The van der Waals surface area contributed by atoms with Crippen LogP contribution in [0.1, 0.15) is 56.5 Å². The van der Waals surface area contributed by atoms with Crippen LogP contribution in [0, 0.1) is 6.92 Å². The molecule has 1 fully saturated rings. The number of imide groups is 1. The van der Waals surface area contributed by atoms with Crippen LogP contribution in [-0.4, -0.2) is 51.8 Å². The third kappa shape index (κ3) is 4.61. The summed E-state index contributed by atoms with van der Waals surface area (Å²) in [6, 6.07) is 12.2. The minimum Gasteiger partial charge on any atom is -0.312 e. The lowest BCUT2D eigenvalue weighted by Gasteiger charge is -2.17. The van der Waals surface area contributed by atoms with Gasteiger partial charge in [-0.25, -0.2) is 0 Å². The Morgan fingerprint density at radius 2 is 1.83 bits per heavy atom. The minimum atomic E-state index is -0.335. The van der Waals surface area contributed by atoms with Crippen LogP contribution in [0.3, 0.4) is 0 Å². The van der Waals surface area contributed by atoms with Gasteiger partial charge in [-0.1, -0.05) is 41.1 Å². The highest BCUT2D eigenvalue weighted by Crippen LogP contribution is 2.35. The van der Waals surface area contributed by atoms with E-state index in [9.17, 15) is 19.2 Å². The summed E-state index contributed by atoms with van der Waals surface area (Å²) in [5.41, 5.74) is 2.47. The summed E-state index contributed by atoms with van der Waals surface area (Å²) in [4.78, 5) is 52.7. The van der Waals surface area contributed by atoms with Crippen LogP contribution in [0.4, 0.5) is 10.8 Å². The van der Waals surface area contributed by atoms with Gasteiger partial charge >= 0.3 is 0 Å². The van der Waals surface area contributed by atoms with Gasteiger partial charge in [0.05, 0.1) is 11.1 Å². The van der Waals surface area contributed by atoms with E-state index in [2.05, 4.69) is 15.5 Å². The van der Waals surface area contributed by atoms with Crippen LogP contribution in [-0.2, 0) is 9.59 Å². The highest BCUT2D eigenvalue weighted by molar-refractivity contribution is 7.15. The van der Waals surface area contributed by atoms with Gasteiger partial charge in [-0.2, -0.15) is 0 Å². The third-order valence-electron chi connectivity index (χ3n) is 6.29. The van der Waals surface area contributed by atoms with Gasteiger partial charge in [-0.3, -0.25) is 24.1 Å². The summed E-state index contributed by atoms with van der Waals surface area (Å²) < 4.78 is 0. The molecule has 184 valence electrons. The fraction of sp³-hybridized carbons (Fsp3) is 0.280. The van der Waals surface area contributed by atoms with Crippen LogP contribution in [0.25, 0.3) is 0 Å². The average molecular weight is 524 g/mol. The van der Waals surface area contributed by atoms with E-state index in [1.165, 1.54) is 16.2 Å². The molecule has 1 saturated heterocycles. The quantitative estimate of drug-likeness (QED) is 0.468. The van der Waals surface area contributed by atoms with Gasteiger partial charge in [-0.15, -0.1) is 10.2 Å². The van der Waals surface area contributed by atoms with Gasteiger partial charge in [0, 0.05) is 42.6 Å². The van der Waals surface area contributed by atoms with E-state index >= 15 is 0 Å². The predicted molar refractivity (Wildman–Crippen MR) is 135 cm³/mol. The van der Waals surface area contributed by atoms with Gasteiger partial charge in [0.15, 0.2) is 0 Å². The lowest BCUT2D eigenvalue weighted by molar-refractivity contribution is -0.117. The first kappa shape index (κ1) is 24.1. The van der Waals surface area contributed by atoms with Crippen molar-refractivity contribution in [3.05, 3.63) is 69.2 Å². The van der Waals surface area contributed by atoms with E-state index in [1.54, 1.807) is 35.2 Å². The third-order valence-corrected chi connectivity index (χ3v) is 7.70. The van der Waals surface area contributed by atoms with Gasteiger partial charge in [0.25, 0.3) is 11.8 Å². The standard InChI is InChI=1S/C25H22ClN5O4S/c1-14-8-9-16(12-19(14)26)31-13-15(11-21(31)33)22-28-29-25(36-22)27-20(32)7-4-10-30-23(34)17-5-2-3-6-18(17)24(30)35/h2-3,5-6,8-9,12,15H,4,7,10-11,13H2,1H3,(H,27,29,32). The molecule has 2 aliphatic heterocycles. The summed E-state index contributed by atoms with van der Waals surface area (Å²) in [6.45, 7) is 2.52. The second kappa shape index (κ2) is 9.79. The average Bonchev–Trinajstić information content (AvgIpc) is 3.54. The van der Waals surface area contributed by atoms with E-state index in [4.69, 9.17) is 11.6 Å². The number of amides is 4. The Kier molecular flexibility index (Phi) is 6.55. The molecule has 9 nitrogen and oxygen atoms in total. The van der Waals surface area contributed by atoms with Crippen molar-refractivity contribution < 1.29 is 19.2 Å². The number of benzene rings is 2. The Balaban J connectivity index is 1.13. The van der Waals surface area contributed by atoms with E-state index in [-0.39, 0.29) is 42.5 Å². The Morgan fingerprint density at radius 3 is 2.53 bits per heavy atom. The minimum absolute atomic E-state index is 0.0196. The summed E-state index contributed by atoms with van der Waals surface area (Å²) in [6.07, 6.45) is 0.745. The molecule has 3 aromatic rings. The normalized spacial score (nSPS) is 17.2. The molecule has 2 aromatic carbocycles. The summed E-state index contributed by atoms with van der Waals surface area (Å²) in [5.74, 6) is -1.10. The number of hydrogen-bond donors (Lipinski definition) is 1. The highest BCUT2D eigenvalue weighted by Gasteiger charge is 2.35. The Hall–Kier alpha value is -3.63. The maximum absolute atomic E-state index is 12.6. The van der Waals surface area contributed by atoms with Crippen molar-refractivity contribution in [3.63, 3.8) is 0 Å². The molecular weight excluding hydrogens is 502 g/mol. The largest absolute Gasteiger partial charge is 0.312 e. The topological polar surface area (TPSA) is 113 Å².